The van der Waals surface area contributed by atoms with Gasteiger partial charge in [-0.25, -0.2) is 5.43 Å². The second-order valence-electron chi connectivity index (χ2n) is 6.96. The summed E-state index contributed by atoms with van der Waals surface area (Å²) in [5.41, 5.74) is 4.30. The second-order valence-corrected chi connectivity index (χ2v) is 7.40. The van der Waals surface area contributed by atoms with Crippen LogP contribution in [-0.4, -0.2) is 23.1 Å². The van der Waals surface area contributed by atoms with Gasteiger partial charge in [-0.05, 0) is 59.3 Å². The molecule has 4 aromatic rings. The van der Waals surface area contributed by atoms with Crippen molar-refractivity contribution >= 4 is 46.1 Å². The molecular formula is C25H18ClN3O3. The molecule has 6 nitrogen and oxygen atoms in total. The van der Waals surface area contributed by atoms with Gasteiger partial charge in [-0.3, -0.25) is 9.59 Å². The number of carbonyl (C=O) groups excluding carboxylic acids is 2. The molecule has 7 heteroatoms. The normalized spacial score (nSPS) is 10.9. The zero-order chi connectivity index (χ0) is 22.5. The maximum Gasteiger partial charge on any atom is 0.271 e. The van der Waals surface area contributed by atoms with Gasteiger partial charge >= 0.3 is 0 Å². The first-order valence-corrected chi connectivity index (χ1v) is 10.1. The summed E-state index contributed by atoms with van der Waals surface area (Å²) in [7, 11) is 0. The number of nitrogens with zero attached hydrogens (tertiary/aromatic N) is 1. The number of fused-ring (bicyclic) bond motifs is 1. The quantitative estimate of drug-likeness (QED) is 0.292. The van der Waals surface area contributed by atoms with Gasteiger partial charge in [-0.1, -0.05) is 48.0 Å². The standard InChI is InChI=1S/C25H18ClN3O3/c26-19-6-3-5-18(14-19)24(31)28-20-11-8-17(9-12-20)25(32)29-27-15-22-21-7-2-1-4-16(21)10-13-23(22)30/h1-15,30H,(H,28,31)(H,29,32). The molecular weight excluding hydrogens is 426 g/mol. The van der Waals surface area contributed by atoms with Crippen LogP contribution in [0, 0.1) is 0 Å². The van der Waals surface area contributed by atoms with E-state index in [1.54, 1.807) is 54.6 Å². The third kappa shape index (κ3) is 4.77. The van der Waals surface area contributed by atoms with E-state index in [-0.39, 0.29) is 11.7 Å². The van der Waals surface area contributed by atoms with Crippen molar-refractivity contribution in [1.82, 2.24) is 5.43 Å². The van der Waals surface area contributed by atoms with Gasteiger partial charge in [0.1, 0.15) is 5.75 Å². The summed E-state index contributed by atoms with van der Waals surface area (Å²) >= 11 is 5.92. The molecule has 158 valence electrons. The fourth-order valence-corrected chi connectivity index (χ4v) is 3.37. The molecule has 4 aromatic carbocycles. The summed E-state index contributed by atoms with van der Waals surface area (Å²) in [4.78, 5) is 24.7. The molecule has 0 fully saturated rings. The number of aromatic hydroxyl groups is 1. The molecule has 0 aliphatic rings. The van der Waals surface area contributed by atoms with Crippen molar-refractivity contribution in [2.24, 2.45) is 5.10 Å². The monoisotopic (exact) mass is 443 g/mol. The third-order valence-electron chi connectivity index (χ3n) is 4.80. The minimum Gasteiger partial charge on any atom is -0.507 e. The lowest BCUT2D eigenvalue weighted by Crippen LogP contribution is -2.18. The van der Waals surface area contributed by atoms with Crippen molar-refractivity contribution in [2.75, 3.05) is 5.32 Å². The molecule has 3 N–H and O–H groups in total. The summed E-state index contributed by atoms with van der Waals surface area (Å²) in [5, 5.41) is 19.1. The Labute approximate surface area is 189 Å². The molecule has 0 spiro atoms. The molecule has 0 atom stereocenters. The summed E-state index contributed by atoms with van der Waals surface area (Å²) in [6.45, 7) is 0. The van der Waals surface area contributed by atoms with Gasteiger partial charge in [0.2, 0.25) is 0 Å². The molecule has 0 heterocycles. The van der Waals surface area contributed by atoms with Gasteiger partial charge in [0.15, 0.2) is 0 Å². The highest BCUT2D eigenvalue weighted by Crippen LogP contribution is 2.25. The fourth-order valence-electron chi connectivity index (χ4n) is 3.18. The van der Waals surface area contributed by atoms with Crippen molar-refractivity contribution < 1.29 is 14.7 Å². The molecule has 2 amide bonds. The summed E-state index contributed by atoms with van der Waals surface area (Å²) < 4.78 is 0. The Morgan fingerprint density at radius 1 is 0.844 bits per heavy atom. The van der Waals surface area contributed by atoms with Gasteiger partial charge in [-0.2, -0.15) is 5.10 Å². The Balaban J connectivity index is 1.41. The number of carbonyl (C=O) groups is 2. The van der Waals surface area contributed by atoms with Crippen LogP contribution >= 0.6 is 11.6 Å². The highest BCUT2D eigenvalue weighted by Gasteiger charge is 2.09. The fraction of sp³-hybridized carbons (Fsp3) is 0. The molecule has 0 aliphatic heterocycles. The maximum absolute atomic E-state index is 12.4. The van der Waals surface area contributed by atoms with E-state index >= 15 is 0 Å². The van der Waals surface area contributed by atoms with Gasteiger partial charge in [0, 0.05) is 27.4 Å². The predicted molar refractivity (Wildman–Crippen MR) is 127 cm³/mol. The van der Waals surface area contributed by atoms with E-state index < -0.39 is 5.91 Å². The van der Waals surface area contributed by atoms with E-state index in [2.05, 4.69) is 15.8 Å². The van der Waals surface area contributed by atoms with Gasteiger partial charge in [0.25, 0.3) is 11.8 Å². The Kier molecular flexibility index (Phi) is 6.14. The van der Waals surface area contributed by atoms with Crippen LogP contribution in [-0.2, 0) is 0 Å². The molecule has 0 saturated heterocycles. The van der Waals surface area contributed by atoms with Crippen LogP contribution in [0.25, 0.3) is 10.8 Å². The minimum absolute atomic E-state index is 0.0708. The largest absolute Gasteiger partial charge is 0.507 e. The number of hydrazone groups is 1. The van der Waals surface area contributed by atoms with Crippen molar-refractivity contribution in [1.29, 1.82) is 0 Å². The van der Waals surface area contributed by atoms with Crippen LogP contribution in [0.3, 0.4) is 0 Å². The number of hydrogen-bond donors (Lipinski definition) is 3. The lowest BCUT2D eigenvalue weighted by atomic mass is 10.0. The minimum atomic E-state index is -0.423. The van der Waals surface area contributed by atoms with Crippen LogP contribution in [0.4, 0.5) is 5.69 Å². The SMILES string of the molecule is O=C(NN=Cc1c(O)ccc2ccccc12)c1ccc(NC(=O)c2cccc(Cl)c2)cc1. The molecule has 32 heavy (non-hydrogen) atoms. The van der Waals surface area contributed by atoms with E-state index in [4.69, 9.17) is 11.6 Å². The molecule has 4 rings (SSSR count). The number of benzene rings is 4. The van der Waals surface area contributed by atoms with E-state index in [0.29, 0.717) is 27.4 Å². The molecule has 0 aromatic heterocycles. The van der Waals surface area contributed by atoms with Crippen LogP contribution in [0.2, 0.25) is 5.02 Å². The first-order valence-electron chi connectivity index (χ1n) is 9.72. The summed E-state index contributed by atoms with van der Waals surface area (Å²) in [6.07, 6.45) is 1.41. The zero-order valence-electron chi connectivity index (χ0n) is 16.7. The number of phenolic OH excluding ortho intramolecular Hbond substituents is 1. The molecule has 0 bridgehead atoms. The topological polar surface area (TPSA) is 90.8 Å². The first-order chi connectivity index (χ1) is 15.5. The van der Waals surface area contributed by atoms with Crippen molar-refractivity contribution in [3.8, 4) is 5.75 Å². The maximum atomic E-state index is 12.4. The van der Waals surface area contributed by atoms with Gasteiger partial charge in [-0.15, -0.1) is 0 Å². The predicted octanol–water partition coefficient (Wildman–Crippen LogP) is 5.22. The number of halogens is 1. The van der Waals surface area contributed by atoms with E-state index in [1.165, 1.54) is 6.21 Å². The number of hydrogen-bond acceptors (Lipinski definition) is 4. The van der Waals surface area contributed by atoms with Crippen LogP contribution in [0.1, 0.15) is 26.3 Å². The Bertz CT molecular complexity index is 1330. The van der Waals surface area contributed by atoms with Crippen molar-refractivity contribution in [2.45, 2.75) is 0 Å². The smallest absolute Gasteiger partial charge is 0.271 e. The number of phenols is 1. The highest BCUT2D eigenvalue weighted by atomic mass is 35.5. The average molecular weight is 444 g/mol. The van der Waals surface area contributed by atoms with Crippen LogP contribution < -0.4 is 10.7 Å². The lowest BCUT2D eigenvalue weighted by Gasteiger charge is -2.07. The van der Waals surface area contributed by atoms with E-state index in [0.717, 1.165) is 10.8 Å². The average Bonchev–Trinajstić information content (AvgIpc) is 2.81. The van der Waals surface area contributed by atoms with Gasteiger partial charge in [0.05, 0.1) is 6.21 Å². The van der Waals surface area contributed by atoms with Crippen molar-refractivity contribution in [3.63, 3.8) is 0 Å². The lowest BCUT2D eigenvalue weighted by molar-refractivity contribution is 0.0954. The van der Waals surface area contributed by atoms with Crippen LogP contribution in [0.15, 0.2) is 90.0 Å². The third-order valence-corrected chi connectivity index (χ3v) is 5.03. The Hall–Kier alpha value is -4.16. The number of nitrogens with one attached hydrogen (secondary N) is 2. The molecule has 0 aliphatic carbocycles. The van der Waals surface area contributed by atoms with Crippen molar-refractivity contribution in [3.05, 3.63) is 107 Å². The summed E-state index contributed by atoms with van der Waals surface area (Å²) in [5.74, 6) is -0.653. The Morgan fingerprint density at radius 3 is 2.41 bits per heavy atom. The number of anilines is 1. The zero-order valence-corrected chi connectivity index (χ0v) is 17.5. The molecule has 0 unspecified atom stereocenters. The van der Waals surface area contributed by atoms with Crippen LogP contribution in [0.5, 0.6) is 5.75 Å². The van der Waals surface area contributed by atoms with Gasteiger partial charge < -0.3 is 10.4 Å². The first kappa shape index (κ1) is 21.1. The number of rotatable bonds is 5. The number of amides is 2. The Morgan fingerprint density at radius 2 is 1.62 bits per heavy atom. The summed E-state index contributed by atoms with van der Waals surface area (Å²) in [6, 6.07) is 24.0. The van der Waals surface area contributed by atoms with E-state index in [9.17, 15) is 14.7 Å². The second kappa shape index (κ2) is 9.32. The highest BCUT2D eigenvalue weighted by molar-refractivity contribution is 6.31. The van der Waals surface area contributed by atoms with E-state index in [1.807, 2.05) is 30.3 Å². The molecule has 0 radical (unpaired) electrons. The molecule has 0 saturated carbocycles.